The number of hydrogen-bond donors (Lipinski definition) is 4. The molecule has 4 aliphatic rings. The Morgan fingerprint density at radius 1 is 0.975 bits per heavy atom. The second kappa shape index (κ2) is 12.6. The summed E-state index contributed by atoms with van der Waals surface area (Å²) >= 11 is 0. The van der Waals surface area contributed by atoms with Gasteiger partial charge in [0.05, 0.1) is 12.2 Å². The highest BCUT2D eigenvalue weighted by molar-refractivity contribution is 6.04. The SMILES string of the molecule is CCCCCC(=O)C[C@H]1C2[C@H]([C@@H]3C=C(CO)C[C@]4(O)C(=O)C(C)=C[C@H]4[C@@]3(O)[C@@H]1C)C2(C)C.CCCCCC(=O)O. The number of carbonyl (C=O) groups is 3. The molecule has 0 aromatic heterocycles. The number of ketones is 2. The molecule has 8 atom stereocenters. The average Bonchev–Trinajstić information content (AvgIpc) is 3.41. The van der Waals surface area contributed by atoms with Gasteiger partial charge in [-0.3, -0.25) is 14.4 Å². The Balaban J connectivity index is 0.000000482. The summed E-state index contributed by atoms with van der Waals surface area (Å²) in [6.07, 6.45) is 11.1. The van der Waals surface area contributed by atoms with E-state index in [9.17, 15) is 29.7 Å². The van der Waals surface area contributed by atoms with E-state index in [0.717, 1.165) is 38.5 Å². The minimum absolute atomic E-state index is 0.0168. The van der Waals surface area contributed by atoms with E-state index >= 15 is 0 Å². The van der Waals surface area contributed by atoms with E-state index in [1.807, 2.05) is 13.0 Å². The molecule has 0 aromatic rings. The zero-order valence-corrected chi connectivity index (χ0v) is 25.4. The predicted molar refractivity (Wildman–Crippen MR) is 154 cm³/mol. The van der Waals surface area contributed by atoms with Crippen LogP contribution >= 0.6 is 0 Å². The highest BCUT2D eigenvalue weighted by Gasteiger charge is 2.76. The molecule has 4 rings (SSSR count). The van der Waals surface area contributed by atoms with Gasteiger partial charge in [0.15, 0.2) is 5.78 Å². The number of aliphatic hydroxyl groups excluding tert-OH is 1. The number of unbranched alkanes of at least 4 members (excludes halogenated alkanes) is 4. The quantitative estimate of drug-likeness (QED) is 0.200. The third-order valence-electron chi connectivity index (χ3n) is 10.6. The number of hydrogen-bond acceptors (Lipinski definition) is 6. The number of rotatable bonds is 11. The van der Waals surface area contributed by atoms with Crippen LogP contribution in [0, 0.1) is 40.9 Å². The maximum Gasteiger partial charge on any atom is 0.303 e. The van der Waals surface area contributed by atoms with Crippen molar-refractivity contribution >= 4 is 17.5 Å². The van der Waals surface area contributed by atoms with Crippen molar-refractivity contribution in [2.45, 2.75) is 117 Å². The number of carboxylic acid groups (broad SMARTS) is 1. The lowest BCUT2D eigenvalue weighted by Gasteiger charge is -2.52. The molecule has 0 spiro atoms. The molecule has 0 aromatic carbocycles. The van der Waals surface area contributed by atoms with Crippen molar-refractivity contribution in [1.82, 2.24) is 0 Å². The number of carbonyl (C=O) groups excluding carboxylic acids is 2. The Hall–Kier alpha value is -1.83. The molecule has 0 heterocycles. The Labute approximate surface area is 240 Å². The molecule has 4 N–H and O–H groups in total. The summed E-state index contributed by atoms with van der Waals surface area (Å²) in [5.41, 5.74) is -2.03. The highest BCUT2D eigenvalue weighted by Crippen LogP contribution is 2.75. The maximum absolute atomic E-state index is 13.0. The zero-order valence-electron chi connectivity index (χ0n) is 25.4. The van der Waals surface area contributed by atoms with Gasteiger partial charge in [0.2, 0.25) is 0 Å². The fourth-order valence-corrected chi connectivity index (χ4v) is 8.38. The standard InChI is InChI=1S/C27H40O5.C6H12O2/c1-6-7-8-9-18(29)12-19-16(3)27(32)20(23-22(19)25(23,4)5)11-17(14-28)13-26(31)21(27)10-15(2)24(26)30;1-2-3-4-5-6(7)8/h10-11,16,19-23,28,31-32H,6-9,12-14H2,1-5H3;2-5H2,1H3,(H,7,8)/t16-,19-,20+,21-,22?,23+,26-,27-;/m1./s1. The van der Waals surface area contributed by atoms with Gasteiger partial charge in [-0.25, -0.2) is 0 Å². The van der Waals surface area contributed by atoms with Crippen molar-refractivity contribution in [2.24, 2.45) is 40.9 Å². The lowest BCUT2D eigenvalue weighted by molar-refractivity contribution is -0.178. The summed E-state index contributed by atoms with van der Waals surface area (Å²) in [5.74, 6) is -1.56. The van der Waals surface area contributed by atoms with Crippen LogP contribution in [0.25, 0.3) is 0 Å². The van der Waals surface area contributed by atoms with Gasteiger partial charge in [0.1, 0.15) is 11.4 Å². The molecule has 0 bridgehead atoms. The van der Waals surface area contributed by atoms with E-state index in [4.69, 9.17) is 5.11 Å². The molecule has 7 heteroatoms. The molecule has 0 saturated heterocycles. The normalized spacial score (nSPS) is 37.1. The first kappa shape index (κ1) is 32.7. The number of aliphatic hydroxyl groups is 3. The van der Waals surface area contributed by atoms with Gasteiger partial charge >= 0.3 is 5.97 Å². The number of fused-ring (bicyclic) bond motifs is 5. The molecule has 4 aliphatic carbocycles. The van der Waals surface area contributed by atoms with Crippen LogP contribution in [0.3, 0.4) is 0 Å². The summed E-state index contributed by atoms with van der Waals surface area (Å²) in [7, 11) is 0. The molecule has 2 saturated carbocycles. The number of aliphatic carboxylic acids is 1. The monoisotopic (exact) mass is 560 g/mol. The fraction of sp³-hybridized carbons (Fsp3) is 0.788. The van der Waals surface area contributed by atoms with Gasteiger partial charge in [0, 0.05) is 37.5 Å². The first-order valence-electron chi connectivity index (χ1n) is 15.4. The van der Waals surface area contributed by atoms with Gasteiger partial charge in [-0.1, -0.05) is 72.5 Å². The highest BCUT2D eigenvalue weighted by atomic mass is 16.4. The van der Waals surface area contributed by atoms with E-state index < -0.39 is 23.1 Å². The minimum Gasteiger partial charge on any atom is -0.481 e. The van der Waals surface area contributed by atoms with Gasteiger partial charge in [0.25, 0.3) is 0 Å². The number of carboxylic acids is 1. The van der Waals surface area contributed by atoms with Crippen molar-refractivity contribution in [1.29, 1.82) is 0 Å². The van der Waals surface area contributed by atoms with Crippen molar-refractivity contribution < 1.29 is 34.8 Å². The summed E-state index contributed by atoms with van der Waals surface area (Å²) in [5, 5.41) is 42.2. The maximum atomic E-state index is 13.0. The number of Topliss-reactive ketones (excluding diaryl/α,β-unsaturated/α-hetero) is 2. The Bertz CT molecular complexity index is 1030. The van der Waals surface area contributed by atoms with Gasteiger partial charge in [-0.2, -0.15) is 0 Å². The molecule has 0 aliphatic heterocycles. The molecule has 226 valence electrons. The summed E-state index contributed by atoms with van der Waals surface area (Å²) in [6, 6.07) is 0. The van der Waals surface area contributed by atoms with E-state index in [-0.39, 0.29) is 53.7 Å². The van der Waals surface area contributed by atoms with Crippen LogP contribution in [0.1, 0.15) is 106 Å². The van der Waals surface area contributed by atoms with Crippen molar-refractivity contribution in [3.63, 3.8) is 0 Å². The Morgan fingerprint density at radius 2 is 1.57 bits per heavy atom. The van der Waals surface area contributed by atoms with Gasteiger partial charge < -0.3 is 20.4 Å². The largest absolute Gasteiger partial charge is 0.481 e. The Kier molecular flexibility index (Phi) is 10.3. The molecular weight excluding hydrogens is 508 g/mol. The minimum atomic E-state index is -1.74. The van der Waals surface area contributed by atoms with Crippen LogP contribution < -0.4 is 0 Å². The smallest absolute Gasteiger partial charge is 0.303 e. The average molecular weight is 561 g/mol. The van der Waals surface area contributed by atoms with Crippen LogP contribution in [0.5, 0.6) is 0 Å². The molecule has 7 nitrogen and oxygen atoms in total. The predicted octanol–water partition coefficient (Wildman–Crippen LogP) is 5.26. The Morgan fingerprint density at radius 3 is 2.12 bits per heavy atom. The summed E-state index contributed by atoms with van der Waals surface area (Å²) in [6.45, 7) is 12.1. The van der Waals surface area contributed by atoms with Gasteiger partial charge in [-0.15, -0.1) is 0 Å². The van der Waals surface area contributed by atoms with E-state index in [1.165, 1.54) is 0 Å². The summed E-state index contributed by atoms with van der Waals surface area (Å²) < 4.78 is 0. The second-order valence-corrected chi connectivity index (χ2v) is 13.5. The van der Waals surface area contributed by atoms with Gasteiger partial charge in [-0.05, 0) is 60.0 Å². The lowest BCUT2D eigenvalue weighted by atomic mass is 9.56. The summed E-state index contributed by atoms with van der Waals surface area (Å²) in [4.78, 5) is 35.8. The van der Waals surface area contributed by atoms with E-state index in [1.54, 1.807) is 13.0 Å². The molecule has 2 fully saturated rings. The van der Waals surface area contributed by atoms with Crippen molar-refractivity contribution in [3.05, 3.63) is 23.3 Å². The third-order valence-corrected chi connectivity index (χ3v) is 10.6. The van der Waals surface area contributed by atoms with Crippen molar-refractivity contribution in [3.8, 4) is 0 Å². The molecular formula is C33H52O7. The van der Waals surface area contributed by atoms with Crippen LogP contribution in [-0.4, -0.2) is 55.8 Å². The van der Waals surface area contributed by atoms with Crippen LogP contribution in [-0.2, 0) is 14.4 Å². The van der Waals surface area contributed by atoms with E-state index in [2.05, 4.69) is 27.7 Å². The second-order valence-electron chi connectivity index (χ2n) is 13.5. The van der Waals surface area contributed by atoms with Crippen LogP contribution in [0.4, 0.5) is 0 Å². The first-order valence-corrected chi connectivity index (χ1v) is 15.4. The van der Waals surface area contributed by atoms with Crippen LogP contribution in [0.15, 0.2) is 23.3 Å². The topological polar surface area (TPSA) is 132 Å². The van der Waals surface area contributed by atoms with Crippen molar-refractivity contribution in [2.75, 3.05) is 6.61 Å². The molecule has 0 radical (unpaired) electrons. The first-order chi connectivity index (χ1) is 18.7. The van der Waals surface area contributed by atoms with E-state index in [0.29, 0.717) is 36.3 Å². The lowest BCUT2D eigenvalue weighted by Crippen LogP contribution is -2.61. The molecule has 1 unspecified atom stereocenters. The fourth-order valence-electron chi connectivity index (χ4n) is 8.38. The molecule has 40 heavy (non-hydrogen) atoms. The third kappa shape index (κ3) is 5.89. The van der Waals surface area contributed by atoms with Crippen LogP contribution in [0.2, 0.25) is 0 Å². The molecule has 0 amide bonds. The zero-order chi connectivity index (χ0) is 30.0.